The summed E-state index contributed by atoms with van der Waals surface area (Å²) < 4.78 is 0. The van der Waals surface area contributed by atoms with Gasteiger partial charge in [0.15, 0.2) is 0 Å². The van der Waals surface area contributed by atoms with E-state index >= 15 is 0 Å². The summed E-state index contributed by atoms with van der Waals surface area (Å²) in [4.78, 5) is 0. The third-order valence-electron chi connectivity index (χ3n) is 3.30. The van der Waals surface area contributed by atoms with Crippen LogP contribution in [-0.4, -0.2) is 6.54 Å². The largest absolute Gasteiger partial charge is 0.310 e. The molecule has 1 N–H and O–H groups in total. The van der Waals surface area contributed by atoms with E-state index in [1.165, 1.54) is 42.4 Å². The molecule has 1 heteroatoms. The standard InChI is InChI=1S/C16H27N/c1-5-7-8-16(17-11-6-2)15-12-13(3)9-10-14(15)4/h9-10,12,16-17H,5-8,11H2,1-4H3. The van der Waals surface area contributed by atoms with Crippen LogP contribution in [0.2, 0.25) is 0 Å². The summed E-state index contributed by atoms with van der Waals surface area (Å²) in [6.07, 6.45) is 5.03. The number of hydrogen-bond donors (Lipinski definition) is 1. The Morgan fingerprint density at radius 1 is 1.12 bits per heavy atom. The molecular formula is C16H27N. The van der Waals surface area contributed by atoms with Gasteiger partial charge in [0, 0.05) is 6.04 Å². The number of benzene rings is 1. The van der Waals surface area contributed by atoms with Gasteiger partial charge < -0.3 is 5.32 Å². The van der Waals surface area contributed by atoms with Crippen molar-refractivity contribution >= 4 is 0 Å². The highest BCUT2D eigenvalue weighted by Crippen LogP contribution is 2.23. The Kier molecular flexibility index (Phi) is 6.28. The molecule has 1 atom stereocenters. The maximum absolute atomic E-state index is 3.69. The van der Waals surface area contributed by atoms with Crippen LogP contribution in [0.15, 0.2) is 18.2 Å². The van der Waals surface area contributed by atoms with Crippen molar-refractivity contribution in [2.24, 2.45) is 0 Å². The smallest absolute Gasteiger partial charge is 0.0322 e. The summed E-state index contributed by atoms with van der Waals surface area (Å²) >= 11 is 0. The zero-order valence-corrected chi connectivity index (χ0v) is 11.8. The average molecular weight is 233 g/mol. The fraction of sp³-hybridized carbons (Fsp3) is 0.625. The van der Waals surface area contributed by atoms with Crippen molar-refractivity contribution in [3.63, 3.8) is 0 Å². The maximum Gasteiger partial charge on any atom is 0.0322 e. The monoisotopic (exact) mass is 233 g/mol. The fourth-order valence-corrected chi connectivity index (χ4v) is 2.23. The summed E-state index contributed by atoms with van der Waals surface area (Å²) in [6.45, 7) is 10.0. The van der Waals surface area contributed by atoms with Crippen molar-refractivity contribution in [2.45, 2.75) is 59.4 Å². The molecule has 0 saturated heterocycles. The third-order valence-corrected chi connectivity index (χ3v) is 3.30. The molecule has 0 aromatic heterocycles. The van der Waals surface area contributed by atoms with Crippen LogP contribution in [0.5, 0.6) is 0 Å². The quantitative estimate of drug-likeness (QED) is 0.729. The van der Waals surface area contributed by atoms with Crippen molar-refractivity contribution in [2.75, 3.05) is 6.54 Å². The first-order valence-corrected chi connectivity index (χ1v) is 6.99. The first-order chi connectivity index (χ1) is 8.19. The number of hydrogen-bond acceptors (Lipinski definition) is 1. The van der Waals surface area contributed by atoms with Gasteiger partial charge in [-0.3, -0.25) is 0 Å². The van der Waals surface area contributed by atoms with E-state index in [1.54, 1.807) is 0 Å². The molecule has 0 heterocycles. The van der Waals surface area contributed by atoms with E-state index in [1.807, 2.05) is 0 Å². The number of nitrogens with one attached hydrogen (secondary N) is 1. The van der Waals surface area contributed by atoms with E-state index in [0.717, 1.165) is 6.54 Å². The molecule has 17 heavy (non-hydrogen) atoms. The lowest BCUT2D eigenvalue weighted by Crippen LogP contribution is -2.23. The first kappa shape index (κ1) is 14.2. The lowest BCUT2D eigenvalue weighted by Gasteiger charge is -2.21. The second-order valence-corrected chi connectivity index (χ2v) is 5.01. The highest BCUT2D eigenvalue weighted by atomic mass is 14.9. The number of aryl methyl sites for hydroxylation is 2. The summed E-state index contributed by atoms with van der Waals surface area (Å²) in [6, 6.07) is 7.33. The molecule has 0 saturated carbocycles. The highest BCUT2D eigenvalue weighted by molar-refractivity contribution is 5.33. The Hall–Kier alpha value is -0.820. The molecule has 0 aliphatic rings. The normalized spacial score (nSPS) is 12.7. The Bertz CT molecular complexity index is 322. The third kappa shape index (κ3) is 4.51. The van der Waals surface area contributed by atoms with Crippen LogP contribution in [0.3, 0.4) is 0 Å². The Labute approximate surface area is 107 Å². The number of unbranched alkanes of at least 4 members (excludes halogenated alkanes) is 1. The van der Waals surface area contributed by atoms with Gasteiger partial charge in [-0.05, 0) is 44.4 Å². The molecule has 1 nitrogen and oxygen atoms in total. The van der Waals surface area contributed by atoms with Crippen molar-refractivity contribution in [3.05, 3.63) is 34.9 Å². The van der Waals surface area contributed by atoms with Crippen LogP contribution in [0.1, 0.15) is 62.3 Å². The second-order valence-electron chi connectivity index (χ2n) is 5.01. The van der Waals surface area contributed by atoms with Crippen LogP contribution in [0.25, 0.3) is 0 Å². The summed E-state index contributed by atoms with van der Waals surface area (Å²) in [5, 5.41) is 3.69. The lowest BCUT2D eigenvalue weighted by molar-refractivity contribution is 0.479. The molecule has 0 aliphatic heterocycles. The van der Waals surface area contributed by atoms with Crippen LogP contribution in [0.4, 0.5) is 0 Å². The Balaban J connectivity index is 2.82. The topological polar surface area (TPSA) is 12.0 Å². The minimum atomic E-state index is 0.537. The van der Waals surface area contributed by atoms with Gasteiger partial charge in [-0.2, -0.15) is 0 Å². The molecule has 1 rings (SSSR count). The van der Waals surface area contributed by atoms with E-state index in [-0.39, 0.29) is 0 Å². The van der Waals surface area contributed by atoms with Gasteiger partial charge >= 0.3 is 0 Å². The van der Waals surface area contributed by atoms with Gasteiger partial charge in [-0.25, -0.2) is 0 Å². The zero-order valence-electron chi connectivity index (χ0n) is 11.8. The van der Waals surface area contributed by atoms with Crippen LogP contribution in [0, 0.1) is 13.8 Å². The predicted octanol–water partition coefficient (Wildman–Crippen LogP) is 4.53. The van der Waals surface area contributed by atoms with Crippen LogP contribution < -0.4 is 5.32 Å². The van der Waals surface area contributed by atoms with Crippen molar-refractivity contribution in [3.8, 4) is 0 Å². The van der Waals surface area contributed by atoms with E-state index < -0.39 is 0 Å². The minimum absolute atomic E-state index is 0.537. The fourth-order valence-electron chi connectivity index (χ4n) is 2.23. The zero-order chi connectivity index (χ0) is 12.7. The van der Waals surface area contributed by atoms with Gasteiger partial charge in [0.2, 0.25) is 0 Å². The lowest BCUT2D eigenvalue weighted by atomic mass is 9.95. The van der Waals surface area contributed by atoms with Gasteiger partial charge in [0.1, 0.15) is 0 Å². The van der Waals surface area contributed by atoms with E-state index in [0.29, 0.717) is 6.04 Å². The molecular weight excluding hydrogens is 206 g/mol. The molecule has 0 spiro atoms. The molecule has 96 valence electrons. The van der Waals surface area contributed by atoms with E-state index in [2.05, 4.69) is 51.2 Å². The molecule has 1 unspecified atom stereocenters. The highest BCUT2D eigenvalue weighted by Gasteiger charge is 2.12. The van der Waals surface area contributed by atoms with Crippen LogP contribution in [-0.2, 0) is 0 Å². The second kappa shape index (κ2) is 7.50. The van der Waals surface area contributed by atoms with Crippen molar-refractivity contribution < 1.29 is 0 Å². The molecule has 0 amide bonds. The summed E-state index contributed by atoms with van der Waals surface area (Å²) in [7, 11) is 0. The predicted molar refractivity (Wildman–Crippen MR) is 76.5 cm³/mol. The van der Waals surface area contributed by atoms with Crippen molar-refractivity contribution in [1.29, 1.82) is 0 Å². The molecule has 0 bridgehead atoms. The Morgan fingerprint density at radius 2 is 1.88 bits per heavy atom. The first-order valence-electron chi connectivity index (χ1n) is 6.99. The molecule has 0 aliphatic carbocycles. The van der Waals surface area contributed by atoms with E-state index in [9.17, 15) is 0 Å². The Morgan fingerprint density at radius 3 is 2.53 bits per heavy atom. The average Bonchev–Trinajstić information content (AvgIpc) is 2.33. The molecule has 1 aromatic carbocycles. The number of rotatable bonds is 7. The molecule has 0 radical (unpaired) electrons. The van der Waals surface area contributed by atoms with Gasteiger partial charge in [0.05, 0.1) is 0 Å². The summed E-state index contributed by atoms with van der Waals surface area (Å²) in [5.74, 6) is 0. The SMILES string of the molecule is CCCCC(NCCC)c1cc(C)ccc1C. The minimum Gasteiger partial charge on any atom is -0.310 e. The summed E-state index contributed by atoms with van der Waals surface area (Å²) in [5.41, 5.74) is 4.28. The van der Waals surface area contributed by atoms with Crippen molar-refractivity contribution in [1.82, 2.24) is 5.32 Å². The van der Waals surface area contributed by atoms with Crippen LogP contribution >= 0.6 is 0 Å². The maximum atomic E-state index is 3.69. The van der Waals surface area contributed by atoms with E-state index in [4.69, 9.17) is 0 Å². The molecule has 0 fully saturated rings. The van der Waals surface area contributed by atoms with Gasteiger partial charge in [-0.15, -0.1) is 0 Å². The van der Waals surface area contributed by atoms with Gasteiger partial charge in [-0.1, -0.05) is 50.5 Å². The van der Waals surface area contributed by atoms with Gasteiger partial charge in [0.25, 0.3) is 0 Å². The molecule has 1 aromatic rings.